The van der Waals surface area contributed by atoms with Crippen LogP contribution in [0.4, 0.5) is 0 Å². The summed E-state index contributed by atoms with van der Waals surface area (Å²) < 4.78 is 12.0. The normalized spacial score (nSPS) is 13.0. The second-order valence-corrected chi connectivity index (χ2v) is 3.10. The summed E-state index contributed by atoms with van der Waals surface area (Å²) in [4.78, 5) is 0. The lowest BCUT2D eigenvalue weighted by Gasteiger charge is -1.97. The Bertz CT molecular complexity index is 569. The Balaban J connectivity index is 2.23. The minimum atomic E-state index is 0.177. The zero-order valence-corrected chi connectivity index (χ0v) is 7.67. The van der Waals surface area contributed by atoms with Gasteiger partial charge >= 0.3 is 0 Å². The van der Waals surface area contributed by atoms with E-state index < -0.39 is 0 Å². The molecule has 6 nitrogen and oxygen atoms in total. The van der Waals surface area contributed by atoms with E-state index in [0.717, 1.165) is 5.52 Å². The molecule has 1 aliphatic rings. The van der Waals surface area contributed by atoms with Crippen molar-refractivity contribution in [3.63, 3.8) is 0 Å². The quantitative estimate of drug-likeness (QED) is 0.680. The van der Waals surface area contributed by atoms with Gasteiger partial charge in [-0.2, -0.15) is 5.26 Å². The van der Waals surface area contributed by atoms with Crippen molar-refractivity contribution in [3.8, 4) is 17.6 Å². The number of rotatable bonds is 1. The smallest absolute Gasteiger partial charge is 0.231 e. The Morgan fingerprint density at radius 1 is 1.40 bits per heavy atom. The summed E-state index contributed by atoms with van der Waals surface area (Å²) in [5, 5.41) is 16.4. The van der Waals surface area contributed by atoms with Crippen LogP contribution in [0.25, 0.3) is 11.0 Å². The molecule has 6 heteroatoms. The minimum Gasteiger partial charge on any atom is -0.454 e. The molecule has 2 heterocycles. The summed E-state index contributed by atoms with van der Waals surface area (Å²) in [6.07, 6.45) is 0. The van der Waals surface area contributed by atoms with Crippen LogP contribution in [0.2, 0.25) is 0 Å². The van der Waals surface area contributed by atoms with E-state index in [9.17, 15) is 0 Å². The van der Waals surface area contributed by atoms with Crippen LogP contribution in [-0.2, 0) is 6.54 Å². The lowest BCUT2D eigenvalue weighted by atomic mass is 10.2. The SMILES string of the molecule is N#CCn1nnc2cc3c(cc21)OCO3. The number of hydrogen-bond donors (Lipinski definition) is 0. The van der Waals surface area contributed by atoms with Crippen molar-refractivity contribution in [2.45, 2.75) is 6.54 Å². The van der Waals surface area contributed by atoms with Crippen molar-refractivity contribution in [1.82, 2.24) is 15.0 Å². The van der Waals surface area contributed by atoms with Gasteiger partial charge in [0.25, 0.3) is 0 Å². The largest absolute Gasteiger partial charge is 0.454 e. The monoisotopic (exact) mass is 202 g/mol. The maximum absolute atomic E-state index is 8.60. The Morgan fingerprint density at radius 3 is 3.00 bits per heavy atom. The Kier molecular flexibility index (Phi) is 1.53. The van der Waals surface area contributed by atoms with Gasteiger partial charge in [-0.3, -0.25) is 0 Å². The van der Waals surface area contributed by atoms with Crippen LogP contribution in [0.3, 0.4) is 0 Å². The molecule has 1 aromatic carbocycles. The topological polar surface area (TPSA) is 73.0 Å². The third kappa shape index (κ3) is 1.10. The van der Waals surface area contributed by atoms with Crippen molar-refractivity contribution in [2.24, 2.45) is 0 Å². The Hall–Kier alpha value is -2.29. The first kappa shape index (κ1) is 8.05. The number of ether oxygens (including phenoxy) is 2. The maximum Gasteiger partial charge on any atom is 0.231 e. The van der Waals surface area contributed by atoms with Crippen LogP contribution in [0, 0.1) is 11.3 Å². The fourth-order valence-electron chi connectivity index (χ4n) is 1.54. The van der Waals surface area contributed by atoms with Crippen LogP contribution in [0.5, 0.6) is 11.5 Å². The molecular weight excluding hydrogens is 196 g/mol. The molecule has 1 aromatic heterocycles. The minimum absolute atomic E-state index is 0.177. The molecule has 0 N–H and O–H groups in total. The van der Waals surface area contributed by atoms with Gasteiger partial charge in [-0.1, -0.05) is 5.21 Å². The second-order valence-electron chi connectivity index (χ2n) is 3.10. The number of nitriles is 1. The standard InChI is InChI=1S/C9H6N4O2/c10-1-2-13-7-4-9-8(14-5-15-9)3-6(7)11-12-13/h3-4H,2,5H2. The summed E-state index contributed by atoms with van der Waals surface area (Å²) >= 11 is 0. The first-order valence-corrected chi connectivity index (χ1v) is 4.38. The van der Waals surface area contributed by atoms with Gasteiger partial charge < -0.3 is 9.47 Å². The lowest BCUT2D eigenvalue weighted by Crippen LogP contribution is -1.97. The van der Waals surface area contributed by atoms with Crippen molar-refractivity contribution in [3.05, 3.63) is 12.1 Å². The number of benzene rings is 1. The highest BCUT2D eigenvalue weighted by molar-refractivity contribution is 5.79. The highest BCUT2D eigenvalue weighted by atomic mass is 16.7. The molecule has 1 aliphatic heterocycles. The molecule has 0 spiro atoms. The first-order valence-electron chi connectivity index (χ1n) is 4.38. The van der Waals surface area contributed by atoms with E-state index in [2.05, 4.69) is 10.3 Å². The van der Waals surface area contributed by atoms with Gasteiger partial charge in [0.15, 0.2) is 11.5 Å². The van der Waals surface area contributed by atoms with E-state index in [1.807, 2.05) is 6.07 Å². The third-order valence-corrected chi connectivity index (χ3v) is 2.23. The Labute approximate surface area is 84.6 Å². The van der Waals surface area contributed by atoms with Gasteiger partial charge in [-0.05, 0) is 0 Å². The number of fused-ring (bicyclic) bond motifs is 2. The zero-order valence-electron chi connectivity index (χ0n) is 7.67. The first-order chi connectivity index (χ1) is 7.38. The summed E-state index contributed by atoms with van der Waals surface area (Å²) in [5.41, 5.74) is 1.48. The van der Waals surface area contributed by atoms with E-state index >= 15 is 0 Å². The van der Waals surface area contributed by atoms with E-state index in [0.29, 0.717) is 17.0 Å². The fraction of sp³-hybridized carbons (Fsp3) is 0.222. The molecule has 15 heavy (non-hydrogen) atoms. The van der Waals surface area contributed by atoms with Gasteiger partial charge in [0.05, 0.1) is 11.6 Å². The molecule has 0 atom stereocenters. The van der Waals surface area contributed by atoms with Gasteiger partial charge in [0.2, 0.25) is 6.79 Å². The van der Waals surface area contributed by atoms with Crippen LogP contribution < -0.4 is 9.47 Å². The van der Waals surface area contributed by atoms with Crippen LogP contribution in [-0.4, -0.2) is 21.8 Å². The highest BCUT2D eigenvalue weighted by Crippen LogP contribution is 2.35. The summed E-state index contributed by atoms with van der Waals surface area (Å²) in [6.45, 7) is 0.407. The number of hydrogen-bond acceptors (Lipinski definition) is 5. The summed E-state index contributed by atoms with van der Waals surface area (Å²) in [5.74, 6) is 1.34. The molecule has 74 valence electrons. The number of nitrogens with zero attached hydrogens (tertiary/aromatic N) is 4. The third-order valence-electron chi connectivity index (χ3n) is 2.23. The molecule has 0 saturated heterocycles. The van der Waals surface area contributed by atoms with Crippen molar-refractivity contribution >= 4 is 11.0 Å². The van der Waals surface area contributed by atoms with E-state index in [1.165, 1.54) is 4.68 Å². The van der Waals surface area contributed by atoms with Gasteiger partial charge in [-0.25, -0.2) is 4.68 Å². The molecule has 0 saturated carbocycles. The molecular formula is C9H6N4O2. The molecule has 0 unspecified atom stereocenters. The Morgan fingerprint density at radius 2 is 2.20 bits per heavy atom. The zero-order chi connectivity index (χ0) is 10.3. The van der Waals surface area contributed by atoms with E-state index in [4.69, 9.17) is 14.7 Å². The van der Waals surface area contributed by atoms with Crippen LogP contribution in [0.1, 0.15) is 0 Å². The highest BCUT2D eigenvalue weighted by Gasteiger charge is 2.16. The molecule has 0 amide bonds. The number of aromatic nitrogens is 3. The van der Waals surface area contributed by atoms with Crippen molar-refractivity contribution in [2.75, 3.05) is 6.79 Å². The summed E-state index contributed by atoms with van der Waals surface area (Å²) in [7, 11) is 0. The van der Waals surface area contributed by atoms with Gasteiger partial charge in [0.1, 0.15) is 12.1 Å². The van der Waals surface area contributed by atoms with E-state index in [1.54, 1.807) is 12.1 Å². The van der Waals surface area contributed by atoms with Crippen molar-refractivity contribution < 1.29 is 9.47 Å². The molecule has 3 rings (SSSR count). The molecule has 0 radical (unpaired) electrons. The predicted octanol–water partition coefficient (Wildman–Crippen LogP) is 0.684. The van der Waals surface area contributed by atoms with Crippen LogP contribution in [0.15, 0.2) is 12.1 Å². The van der Waals surface area contributed by atoms with Crippen molar-refractivity contribution in [1.29, 1.82) is 5.26 Å². The average molecular weight is 202 g/mol. The molecule has 0 bridgehead atoms. The average Bonchev–Trinajstić information content (AvgIpc) is 2.82. The maximum atomic E-state index is 8.60. The van der Waals surface area contributed by atoms with E-state index in [-0.39, 0.29) is 13.3 Å². The summed E-state index contributed by atoms with van der Waals surface area (Å²) in [6, 6.07) is 5.57. The molecule has 0 aliphatic carbocycles. The van der Waals surface area contributed by atoms with Gasteiger partial charge in [0, 0.05) is 12.1 Å². The fourth-order valence-corrected chi connectivity index (χ4v) is 1.54. The molecule has 2 aromatic rings. The van der Waals surface area contributed by atoms with Crippen LogP contribution >= 0.6 is 0 Å². The predicted molar refractivity (Wildman–Crippen MR) is 49.3 cm³/mol. The molecule has 0 fully saturated rings. The van der Waals surface area contributed by atoms with Gasteiger partial charge in [-0.15, -0.1) is 5.10 Å². The second kappa shape index (κ2) is 2.85. The lowest BCUT2D eigenvalue weighted by molar-refractivity contribution is 0.174.